The lowest BCUT2D eigenvalue weighted by atomic mass is 10.1. The Bertz CT molecular complexity index is 354. The van der Waals surface area contributed by atoms with Crippen LogP contribution in [0.4, 0.5) is 4.39 Å². The van der Waals surface area contributed by atoms with Crippen molar-refractivity contribution in [3.8, 4) is 0 Å². The maximum absolute atomic E-state index is 13.2. The molecule has 1 aromatic rings. The Morgan fingerprint density at radius 3 is 2.77 bits per heavy atom. The molecule has 0 aromatic heterocycles. The molecule has 13 heavy (non-hydrogen) atoms. The van der Waals surface area contributed by atoms with Crippen molar-refractivity contribution in [2.45, 2.75) is 6.42 Å². The second kappa shape index (κ2) is 4.07. The van der Waals surface area contributed by atoms with Gasteiger partial charge in [-0.3, -0.25) is 4.79 Å². The third-order valence-corrected chi connectivity index (χ3v) is 2.21. The van der Waals surface area contributed by atoms with Crippen molar-refractivity contribution in [2.75, 3.05) is 0 Å². The van der Waals surface area contributed by atoms with E-state index in [0.717, 1.165) is 0 Å². The Morgan fingerprint density at radius 2 is 2.23 bits per heavy atom. The van der Waals surface area contributed by atoms with Crippen LogP contribution >= 0.6 is 27.5 Å². The summed E-state index contributed by atoms with van der Waals surface area (Å²) in [7, 11) is 0. The third kappa shape index (κ3) is 2.67. The molecule has 1 rings (SSSR count). The lowest BCUT2D eigenvalue weighted by molar-refractivity contribution is -0.136. The smallest absolute Gasteiger partial charge is 0.307 e. The normalized spacial score (nSPS) is 10.1. The van der Waals surface area contributed by atoms with Crippen molar-refractivity contribution >= 4 is 33.5 Å². The summed E-state index contributed by atoms with van der Waals surface area (Å²) in [4.78, 5) is 10.3. The first kappa shape index (κ1) is 10.5. The molecule has 0 spiro atoms. The minimum Gasteiger partial charge on any atom is -0.481 e. The number of benzene rings is 1. The van der Waals surface area contributed by atoms with E-state index in [0.29, 0.717) is 5.02 Å². The molecule has 0 aliphatic carbocycles. The number of aliphatic carboxylic acids is 1. The van der Waals surface area contributed by atoms with Crippen LogP contribution in [0.2, 0.25) is 5.02 Å². The van der Waals surface area contributed by atoms with Crippen molar-refractivity contribution in [1.29, 1.82) is 0 Å². The summed E-state index contributed by atoms with van der Waals surface area (Å²) in [6.45, 7) is 0. The number of hydrogen-bond acceptors (Lipinski definition) is 1. The monoisotopic (exact) mass is 266 g/mol. The molecule has 0 aliphatic rings. The van der Waals surface area contributed by atoms with Crippen molar-refractivity contribution in [3.05, 3.63) is 33.0 Å². The van der Waals surface area contributed by atoms with Crippen LogP contribution < -0.4 is 0 Å². The second-order valence-electron chi connectivity index (χ2n) is 2.43. The minimum absolute atomic E-state index is 0.0758. The van der Waals surface area contributed by atoms with Gasteiger partial charge in [0.25, 0.3) is 0 Å². The van der Waals surface area contributed by atoms with E-state index in [-0.39, 0.29) is 16.5 Å². The summed E-state index contributed by atoms with van der Waals surface area (Å²) < 4.78 is 13.4. The highest BCUT2D eigenvalue weighted by molar-refractivity contribution is 9.10. The first-order valence-electron chi connectivity index (χ1n) is 3.36. The van der Waals surface area contributed by atoms with Crippen molar-refractivity contribution < 1.29 is 14.3 Å². The van der Waals surface area contributed by atoms with E-state index in [1.165, 1.54) is 12.1 Å². The average molecular weight is 267 g/mol. The maximum Gasteiger partial charge on any atom is 0.307 e. The molecular formula is C8H5BrClFO2. The van der Waals surface area contributed by atoms with Gasteiger partial charge in [-0.15, -0.1) is 0 Å². The summed E-state index contributed by atoms with van der Waals surface area (Å²) in [5.74, 6) is -1.67. The van der Waals surface area contributed by atoms with E-state index in [4.69, 9.17) is 16.7 Å². The average Bonchev–Trinajstić information content (AvgIpc) is 1.98. The molecule has 0 atom stereocenters. The maximum atomic E-state index is 13.2. The number of hydrogen-bond donors (Lipinski definition) is 1. The predicted molar refractivity (Wildman–Crippen MR) is 50.4 cm³/mol. The van der Waals surface area contributed by atoms with Gasteiger partial charge < -0.3 is 5.11 Å². The highest BCUT2D eigenvalue weighted by Gasteiger charge is 2.11. The molecule has 5 heteroatoms. The fourth-order valence-corrected chi connectivity index (χ4v) is 1.77. The number of carboxylic acids is 1. The predicted octanol–water partition coefficient (Wildman–Crippen LogP) is 2.87. The first-order valence-corrected chi connectivity index (χ1v) is 4.53. The van der Waals surface area contributed by atoms with Gasteiger partial charge in [0.2, 0.25) is 0 Å². The van der Waals surface area contributed by atoms with Gasteiger partial charge in [0.05, 0.1) is 10.9 Å². The number of rotatable bonds is 2. The van der Waals surface area contributed by atoms with Crippen LogP contribution in [0.1, 0.15) is 5.56 Å². The van der Waals surface area contributed by atoms with Crippen LogP contribution in [-0.4, -0.2) is 11.1 Å². The fraction of sp³-hybridized carbons (Fsp3) is 0.125. The van der Waals surface area contributed by atoms with E-state index < -0.39 is 11.8 Å². The van der Waals surface area contributed by atoms with Gasteiger partial charge in [-0.2, -0.15) is 0 Å². The molecule has 0 amide bonds. The van der Waals surface area contributed by atoms with Crippen molar-refractivity contribution in [1.82, 2.24) is 0 Å². The number of carbonyl (C=O) groups is 1. The number of carboxylic acid groups (broad SMARTS) is 1. The van der Waals surface area contributed by atoms with Crippen LogP contribution in [0.15, 0.2) is 16.6 Å². The number of halogens is 3. The molecule has 0 fully saturated rings. The summed E-state index contributed by atoms with van der Waals surface area (Å²) in [5.41, 5.74) is 0.0758. The van der Waals surface area contributed by atoms with Gasteiger partial charge in [-0.05, 0) is 28.1 Å². The fourth-order valence-electron chi connectivity index (χ4n) is 0.901. The van der Waals surface area contributed by atoms with Crippen LogP contribution in [0.25, 0.3) is 0 Å². The standard InChI is InChI=1S/C8H5BrClFO2/c9-6-3-5(10)1-4(8(6)11)2-7(12)13/h1,3H,2H2,(H,12,13). The largest absolute Gasteiger partial charge is 0.481 e. The topological polar surface area (TPSA) is 37.3 Å². The first-order chi connectivity index (χ1) is 6.00. The molecule has 2 nitrogen and oxygen atoms in total. The van der Waals surface area contributed by atoms with Crippen molar-refractivity contribution in [3.63, 3.8) is 0 Å². The Hall–Kier alpha value is -0.610. The zero-order chi connectivity index (χ0) is 10.0. The van der Waals surface area contributed by atoms with Gasteiger partial charge in [0, 0.05) is 10.6 Å². The second-order valence-corrected chi connectivity index (χ2v) is 3.72. The zero-order valence-corrected chi connectivity index (χ0v) is 8.69. The molecule has 0 heterocycles. The SMILES string of the molecule is O=C(O)Cc1cc(Cl)cc(Br)c1F. The lowest BCUT2D eigenvalue weighted by Gasteiger charge is -2.02. The Kier molecular flexibility index (Phi) is 3.27. The Labute approximate surface area is 87.5 Å². The van der Waals surface area contributed by atoms with Gasteiger partial charge in [-0.1, -0.05) is 11.6 Å². The summed E-state index contributed by atoms with van der Waals surface area (Å²) in [6, 6.07) is 2.68. The lowest BCUT2D eigenvalue weighted by Crippen LogP contribution is -2.02. The highest BCUT2D eigenvalue weighted by atomic mass is 79.9. The Balaban J connectivity index is 3.12. The summed E-state index contributed by atoms with van der Waals surface area (Å²) in [6.07, 6.45) is -0.370. The van der Waals surface area contributed by atoms with Gasteiger partial charge in [-0.25, -0.2) is 4.39 Å². The van der Waals surface area contributed by atoms with Crippen molar-refractivity contribution in [2.24, 2.45) is 0 Å². The van der Waals surface area contributed by atoms with Crippen LogP contribution in [0.3, 0.4) is 0 Å². The van der Waals surface area contributed by atoms with E-state index in [1.54, 1.807) is 0 Å². The van der Waals surface area contributed by atoms with Gasteiger partial charge in [0.1, 0.15) is 5.82 Å². The van der Waals surface area contributed by atoms with Crippen LogP contribution in [-0.2, 0) is 11.2 Å². The van der Waals surface area contributed by atoms with Gasteiger partial charge >= 0.3 is 5.97 Å². The third-order valence-electron chi connectivity index (χ3n) is 1.41. The molecule has 1 N–H and O–H groups in total. The molecule has 70 valence electrons. The van der Waals surface area contributed by atoms with Gasteiger partial charge in [0.15, 0.2) is 0 Å². The van der Waals surface area contributed by atoms with Crippen LogP contribution in [0, 0.1) is 5.82 Å². The minimum atomic E-state index is -1.09. The molecule has 0 unspecified atom stereocenters. The Morgan fingerprint density at radius 1 is 1.62 bits per heavy atom. The molecular weight excluding hydrogens is 262 g/mol. The van der Waals surface area contributed by atoms with Crippen LogP contribution in [0.5, 0.6) is 0 Å². The molecule has 0 bridgehead atoms. The molecule has 0 aliphatic heterocycles. The summed E-state index contributed by atoms with van der Waals surface area (Å²) >= 11 is 8.55. The highest BCUT2D eigenvalue weighted by Crippen LogP contribution is 2.24. The molecule has 0 radical (unpaired) electrons. The molecule has 1 aromatic carbocycles. The quantitative estimate of drug-likeness (QED) is 0.837. The summed E-state index contributed by atoms with van der Waals surface area (Å²) in [5, 5.41) is 8.76. The van der Waals surface area contributed by atoms with E-state index in [2.05, 4.69) is 15.9 Å². The molecule has 0 saturated carbocycles. The van der Waals surface area contributed by atoms with E-state index in [9.17, 15) is 9.18 Å². The van der Waals surface area contributed by atoms with E-state index >= 15 is 0 Å². The molecule has 0 saturated heterocycles. The zero-order valence-electron chi connectivity index (χ0n) is 6.35. The van der Waals surface area contributed by atoms with E-state index in [1.807, 2.05) is 0 Å².